The molecule has 2 N–H and O–H groups in total. The lowest BCUT2D eigenvalue weighted by Crippen LogP contribution is -2.22. The lowest BCUT2D eigenvalue weighted by Gasteiger charge is -2.07. The van der Waals surface area contributed by atoms with Crippen molar-refractivity contribution < 1.29 is 14.3 Å². The van der Waals surface area contributed by atoms with Gasteiger partial charge in [-0.15, -0.1) is 0 Å². The Morgan fingerprint density at radius 2 is 1.94 bits per heavy atom. The number of benzene rings is 2. The van der Waals surface area contributed by atoms with Crippen LogP contribution in [0.1, 0.15) is 15.9 Å². The van der Waals surface area contributed by atoms with E-state index in [4.69, 9.17) is 0 Å². The van der Waals surface area contributed by atoms with Crippen LogP contribution in [0.3, 0.4) is 0 Å². The van der Waals surface area contributed by atoms with Crippen molar-refractivity contribution in [2.24, 2.45) is 0 Å². The van der Waals surface area contributed by atoms with Crippen molar-refractivity contribution in [3.8, 4) is 5.75 Å². The predicted molar refractivity (Wildman–Crippen MR) is 65.7 cm³/mol. The number of aromatic hydroxyl groups is 1. The van der Waals surface area contributed by atoms with Crippen molar-refractivity contribution in [1.29, 1.82) is 0 Å². The molecule has 0 bridgehead atoms. The lowest BCUT2D eigenvalue weighted by atomic mass is 10.1. The Morgan fingerprint density at radius 3 is 2.67 bits per heavy atom. The first-order valence-electron chi connectivity index (χ1n) is 5.47. The minimum absolute atomic E-state index is 0.122. The summed E-state index contributed by atoms with van der Waals surface area (Å²) in [6, 6.07) is 12.2. The van der Waals surface area contributed by atoms with E-state index in [1.54, 1.807) is 24.3 Å². The third-order valence-corrected chi connectivity index (χ3v) is 2.52. The normalized spacial score (nSPS) is 10.1. The largest absolute Gasteiger partial charge is 0.508 e. The van der Waals surface area contributed by atoms with E-state index >= 15 is 0 Å². The van der Waals surface area contributed by atoms with E-state index in [1.807, 2.05) is 0 Å². The molecule has 3 nitrogen and oxygen atoms in total. The topological polar surface area (TPSA) is 49.3 Å². The number of halogens is 1. The molecule has 4 heteroatoms. The summed E-state index contributed by atoms with van der Waals surface area (Å²) in [4.78, 5) is 11.7. The molecule has 0 aliphatic heterocycles. The second-order valence-electron chi connectivity index (χ2n) is 3.82. The highest BCUT2D eigenvalue weighted by Crippen LogP contribution is 2.15. The minimum atomic E-state index is -0.454. The van der Waals surface area contributed by atoms with E-state index < -0.39 is 5.82 Å². The lowest BCUT2D eigenvalue weighted by molar-refractivity contribution is 0.0950. The van der Waals surface area contributed by atoms with Crippen LogP contribution in [0.2, 0.25) is 0 Å². The van der Waals surface area contributed by atoms with Crippen molar-refractivity contribution >= 4 is 5.91 Å². The standard InChI is InChI=1S/C14H12FNO2/c15-12-6-3-5-10(8-12)14(18)16-9-11-4-1-2-7-13(11)17/h1-8,17H,9H2,(H,16,18). The Morgan fingerprint density at radius 1 is 1.17 bits per heavy atom. The first-order chi connectivity index (χ1) is 8.66. The number of rotatable bonds is 3. The molecule has 0 unspecified atom stereocenters. The van der Waals surface area contributed by atoms with Crippen LogP contribution in [0.4, 0.5) is 4.39 Å². The molecule has 0 radical (unpaired) electrons. The third-order valence-electron chi connectivity index (χ3n) is 2.52. The number of phenolic OH excluding ortho intramolecular Hbond substituents is 1. The molecule has 0 aliphatic carbocycles. The SMILES string of the molecule is O=C(NCc1ccccc1O)c1cccc(F)c1. The number of nitrogens with one attached hydrogen (secondary N) is 1. The quantitative estimate of drug-likeness (QED) is 0.872. The van der Waals surface area contributed by atoms with Crippen LogP contribution in [-0.4, -0.2) is 11.0 Å². The van der Waals surface area contributed by atoms with Crippen molar-refractivity contribution in [3.05, 3.63) is 65.5 Å². The van der Waals surface area contributed by atoms with E-state index in [0.29, 0.717) is 5.56 Å². The minimum Gasteiger partial charge on any atom is -0.508 e. The van der Waals surface area contributed by atoms with Crippen LogP contribution >= 0.6 is 0 Å². The molecular weight excluding hydrogens is 233 g/mol. The van der Waals surface area contributed by atoms with Gasteiger partial charge in [-0.05, 0) is 24.3 Å². The predicted octanol–water partition coefficient (Wildman–Crippen LogP) is 2.46. The fraction of sp³-hybridized carbons (Fsp3) is 0.0714. The number of carbonyl (C=O) groups is 1. The number of carbonyl (C=O) groups excluding carboxylic acids is 1. The van der Waals surface area contributed by atoms with Gasteiger partial charge in [-0.1, -0.05) is 24.3 Å². The smallest absolute Gasteiger partial charge is 0.251 e. The summed E-state index contributed by atoms with van der Waals surface area (Å²) < 4.78 is 12.9. The number of phenols is 1. The van der Waals surface area contributed by atoms with Crippen molar-refractivity contribution in [2.75, 3.05) is 0 Å². The average Bonchev–Trinajstić information content (AvgIpc) is 2.37. The third kappa shape index (κ3) is 2.85. The van der Waals surface area contributed by atoms with Crippen LogP contribution in [0.5, 0.6) is 5.75 Å². The zero-order chi connectivity index (χ0) is 13.0. The first-order valence-corrected chi connectivity index (χ1v) is 5.47. The highest BCUT2D eigenvalue weighted by Gasteiger charge is 2.07. The molecule has 0 aromatic heterocycles. The summed E-state index contributed by atoms with van der Waals surface area (Å²) in [5.41, 5.74) is 0.868. The van der Waals surface area contributed by atoms with Crippen LogP contribution in [-0.2, 0) is 6.54 Å². The van der Waals surface area contributed by atoms with E-state index in [-0.39, 0.29) is 23.8 Å². The Bertz CT molecular complexity index is 569. The molecule has 0 atom stereocenters. The zero-order valence-electron chi connectivity index (χ0n) is 9.56. The molecule has 1 amide bonds. The highest BCUT2D eigenvalue weighted by molar-refractivity contribution is 5.94. The van der Waals surface area contributed by atoms with Crippen molar-refractivity contribution in [1.82, 2.24) is 5.32 Å². The summed E-state index contributed by atoms with van der Waals surface area (Å²) in [5, 5.41) is 12.1. The van der Waals surface area contributed by atoms with Gasteiger partial charge in [0.05, 0.1) is 0 Å². The number of para-hydroxylation sites is 1. The fourth-order valence-electron chi connectivity index (χ4n) is 1.57. The van der Waals surface area contributed by atoms with Crippen LogP contribution in [0, 0.1) is 5.82 Å². The number of hydrogen-bond acceptors (Lipinski definition) is 2. The van der Waals surface area contributed by atoms with E-state index in [2.05, 4.69) is 5.32 Å². The summed E-state index contributed by atoms with van der Waals surface area (Å²) in [7, 11) is 0. The van der Waals surface area contributed by atoms with E-state index in [9.17, 15) is 14.3 Å². The van der Waals surface area contributed by atoms with Crippen molar-refractivity contribution in [3.63, 3.8) is 0 Å². The molecule has 2 aromatic carbocycles. The Balaban J connectivity index is 2.03. The van der Waals surface area contributed by atoms with Gasteiger partial charge in [-0.25, -0.2) is 4.39 Å². The Labute approximate surface area is 104 Å². The molecule has 0 spiro atoms. The number of hydrogen-bond donors (Lipinski definition) is 2. The maximum Gasteiger partial charge on any atom is 0.251 e. The van der Waals surface area contributed by atoms with Gasteiger partial charge in [0.25, 0.3) is 5.91 Å². The molecule has 92 valence electrons. The second-order valence-corrected chi connectivity index (χ2v) is 3.82. The highest BCUT2D eigenvalue weighted by atomic mass is 19.1. The molecule has 0 aliphatic rings. The summed E-state index contributed by atoms with van der Waals surface area (Å²) in [5.74, 6) is -0.708. The maximum absolute atomic E-state index is 12.9. The fourth-order valence-corrected chi connectivity index (χ4v) is 1.57. The summed E-state index contributed by atoms with van der Waals surface area (Å²) in [6.45, 7) is 0.196. The Kier molecular flexibility index (Phi) is 3.57. The molecular formula is C14H12FNO2. The first kappa shape index (κ1) is 12.1. The van der Waals surface area contributed by atoms with Gasteiger partial charge in [0, 0.05) is 17.7 Å². The molecule has 0 heterocycles. The van der Waals surface area contributed by atoms with Crippen molar-refractivity contribution in [2.45, 2.75) is 6.54 Å². The second kappa shape index (κ2) is 5.31. The van der Waals surface area contributed by atoms with Gasteiger partial charge >= 0.3 is 0 Å². The van der Waals surface area contributed by atoms with Gasteiger partial charge in [-0.2, -0.15) is 0 Å². The molecule has 0 saturated carbocycles. The average molecular weight is 245 g/mol. The van der Waals surface area contributed by atoms with Crippen LogP contribution in [0.25, 0.3) is 0 Å². The molecule has 0 fully saturated rings. The zero-order valence-corrected chi connectivity index (χ0v) is 9.56. The number of amides is 1. The Hall–Kier alpha value is -2.36. The van der Waals surface area contributed by atoms with E-state index in [0.717, 1.165) is 0 Å². The van der Waals surface area contributed by atoms with Gasteiger partial charge in [-0.3, -0.25) is 4.79 Å². The molecule has 2 rings (SSSR count). The molecule has 18 heavy (non-hydrogen) atoms. The molecule has 2 aromatic rings. The molecule has 0 saturated heterocycles. The van der Waals surface area contributed by atoms with Gasteiger partial charge in [0.2, 0.25) is 0 Å². The maximum atomic E-state index is 12.9. The van der Waals surface area contributed by atoms with Gasteiger partial charge in [0.1, 0.15) is 11.6 Å². The van der Waals surface area contributed by atoms with Crippen LogP contribution in [0.15, 0.2) is 48.5 Å². The van der Waals surface area contributed by atoms with Gasteiger partial charge in [0.15, 0.2) is 0 Å². The summed E-state index contributed by atoms with van der Waals surface area (Å²) >= 11 is 0. The summed E-state index contributed by atoms with van der Waals surface area (Å²) in [6.07, 6.45) is 0. The van der Waals surface area contributed by atoms with Crippen LogP contribution < -0.4 is 5.32 Å². The van der Waals surface area contributed by atoms with Gasteiger partial charge < -0.3 is 10.4 Å². The monoisotopic (exact) mass is 245 g/mol. The van der Waals surface area contributed by atoms with E-state index in [1.165, 1.54) is 24.3 Å².